The van der Waals surface area contributed by atoms with Gasteiger partial charge in [-0.2, -0.15) is 5.10 Å². The molecule has 0 bridgehead atoms. The summed E-state index contributed by atoms with van der Waals surface area (Å²) in [4.78, 5) is 16.8. The number of piperidine rings is 1. The number of hydrogen-bond acceptors (Lipinski definition) is 4. The largest absolute Gasteiger partial charge is 0.468 e. The molecule has 2 atom stereocenters. The van der Waals surface area contributed by atoms with E-state index in [2.05, 4.69) is 10.00 Å². The normalized spacial score (nSPS) is 25.7. The zero-order chi connectivity index (χ0) is 15.1. The number of amides is 1. The van der Waals surface area contributed by atoms with Crippen LogP contribution in [0.15, 0.2) is 35.2 Å². The number of rotatable bonds is 3. The summed E-state index contributed by atoms with van der Waals surface area (Å²) in [5, 5.41) is 4.21. The Morgan fingerprint density at radius 2 is 2.27 bits per heavy atom. The van der Waals surface area contributed by atoms with E-state index in [1.54, 1.807) is 17.1 Å². The van der Waals surface area contributed by atoms with Crippen molar-refractivity contribution in [1.29, 1.82) is 0 Å². The molecule has 116 valence electrons. The van der Waals surface area contributed by atoms with Gasteiger partial charge in [-0.3, -0.25) is 14.4 Å². The van der Waals surface area contributed by atoms with E-state index in [0.29, 0.717) is 12.5 Å². The third-order valence-corrected chi connectivity index (χ3v) is 4.79. The first kappa shape index (κ1) is 13.6. The molecule has 4 rings (SSSR count). The zero-order valence-corrected chi connectivity index (χ0v) is 12.7. The highest BCUT2D eigenvalue weighted by atomic mass is 16.3. The highest BCUT2D eigenvalue weighted by Crippen LogP contribution is 2.35. The zero-order valence-electron chi connectivity index (χ0n) is 12.7. The van der Waals surface area contributed by atoms with E-state index in [1.165, 1.54) is 0 Å². The van der Waals surface area contributed by atoms with E-state index in [0.717, 1.165) is 37.4 Å². The van der Waals surface area contributed by atoms with Crippen molar-refractivity contribution in [2.45, 2.75) is 37.9 Å². The fourth-order valence-corrected chi connectivity index (χ4v) is 3.82. The van der Waals surface area contributed by atoms with Crippen molar-refractivity contribution in [3.63, 3.8) is 0 Å². The second-order valence-corrected chi connectivity index (χ2v) is 6.15. The van der Waals surface area contributed by atoms with Crippen molar-refractivity contribution in [3.05, 3.63) is 36.5 Å². The summed E-state index contributed by atoms with van der Waals surface area (Å²) in [5.74, 6) is 1.21. The third-order valence-electron chi connectivity index (χ3n) is 4.79. The van der Waals surface area contributed by atoms with Gasteiger partial charge >= 0.3 is 0 Å². The lowest BCUT2D eigenvalue weighted by molar-refractivity contribution is -0.120. The summed E-state index contributed by atoms with van der Waals surface area (Å²) in [7, 11) is 1.88. The van der Waals surface area contributed by atoms with Crippen LogP contribution in [0.5, 0.6) is 0 Å². The van der Waals surface area contributed by atoms with E-state index in [-0.39, 0.29) is 11.9 Å². The van der Waals surface area contributed by atoms with Crippen LogP contribution in [0.3, 0.4) is 0 Å². The smallest absolute Gasteiger partial charge is 0.227 e. The highest BCUT2D eigenvalue weighted by Gasteiger charge is 2.44. The SMILES string of the molecule is Cn1cc(N2C(=O)CC[C@@H]3[C@H]2CCN3Cc2ccco2)cn1. The molecule has 22 heavy (non-hydrogen) atoms. The van der Waals surface area contributed by atoms with Crippen LogP contribution in [0.2, 0.25) is 0 Å². The number of aryl methyl sites for hydroxylation is 1. The summed E-state index contributed by atoms with van der Waals surface area (Å²) in [6.07, 6.45) is 7.97. The number of carbonyl (C=O) groups excluding carboxylic acids is 1. The van der Waals surface area contributed by atoms with Crippen LogP contribution in [0.4, 0.5) is 5.69 Å². The van der Waals surface area contributed by atoms with Gasteiger partial charge in [0.25, 0.3) is 0 Å². The first-order valence-electron chi connectivity index (χ1n) is 7.79. The second kappa shape index (κ2) is 5.28. The van der Waals surface area contributed by atoms with E-state index in [1.807, 2.05) is 30.3 Å². The van der Waals surface area contributed by atoms with Crippen LogP contribution < -0.4 is 4.90 Å². The molecule has 2 aliphatic rings. The maximum Gasteiger partial charge on any atom is 0.227 e. The minimum atomic E-state index is 0.217. The van der Waals surface area contributed by atoms with Crippen molar-refractivity contribution in [3.8, 4) is 0 Å². The minimum absolute atomic E-state index is 0.217. The molecule has 2 aromatic rings. The lowest BCUT2D eigenvalue weighted by Crippen LogP contribution is -2.52. The van der Waals surface area contributed by atoms with Gasteiger partial charge < -0.3 is 9.32 Å². The Morgan fingerprint density at radius 1 is 1.36 bits per heavy atom. The lowest BCUT2D eigenvalue weighted by atomic mass is 9.96. The summed E-state index contributed by atoms with van der Waals surface area (Å²) in [6, 6.07) is 4.60. The molecule has 0 spiro atoms. The first-order chi connectivity index (χ1) is 10.7. The quantitative estimate of drug-likeness (QED) is 0.867. The van der Waals surface area contributed by atoms with Gasteiger partial charge in [-0.15, -0.1) is 0 Å². The molecule has 0 radical (unpaired) electrons. The number of anilines is 1. The number of likely N-dealkylation sites (tertiary alicyclic amines) is 1. The number of aromatic nitrogens is 2. The second-order valence-electron chi connectivity index (χ2n) is 6.15. The number of nitrogens with zero attached hydrogens (tertiary/aromatic N) is 4. The predicted molar refractivity (Wildman–Crippen MR) is 81.2 cm³/mol. The Hall–Kier alpha value is -2.08. The summed E-state index contributed by atoms with van der Waals surface area (Å²) >= 11 is 0. The maximum absolute atomic E-state index is 12.4. The Balaban J connectivity index is 1.56. The van der Waals surface area contributed by atoms with Crippen LogP contribution in [0, 0.1) is 0 Å². The van der Waals surface area contributed by atoms with Crippen molar-refractivity contribution < 1.29 is 9.21 Å². The standard InChI is InChI=1S/C16H20N4O2/c1-18-10-12(9-17-18)20-15-6-7-19(11-13-3-2-8-22-13)14(15)4-5-16(20)21/h2-3,8-10,14-15H,4-7,11H2,1H3/t14-,15-/m1/s1. The van der Waals surface area contributed by atoms with Gasteiger partial charge in [-0.05, 0) is 25.0 Å². The molecule has 2 fully saturated rings. The lowest BCUT2D eigenvalue weighted by Gasteiger charge is -2.39. The monoisotopic (exact) mass is 300 g/mol. The van der Waals surface area contributed by atoms with Crippen LogP contribution in [-0.2, 0) is 18.4 Å². The van der Waals surface area contributed by atoms with Gasteiger partial charge in [-0.1, -0.05) is 0 Å². The molecule has 0 aromatic carbocycles. The van der Waals surface area contributed by atoms with E-state index in [4.69, 9.17) is 4.42 Å². The summed E-state index contributed by atoms with van der Waals surface area (Å²) in [6.45, 7) is 1.82. The molecule has 2 aliphatic heterocycles. The first-order valence-corrected chi connectivity index (χ1v) is 7.79. The average molecular weight is 300 g/mol. The number of furan rings is 1. The minimum Gasteiger partial charge on any atom is -0.468 e. The molecule has 0 aliphatic carbocycles. The van der Waals surface area contributed by atoms with Gasteiger partial charge in [0, 0.05) is 32.3 Å². The van der Waals surface area contributed by atoms with Crippen molar-refractivity contribution in [1.82, 2.24) is 14.7 Å². The molecule has 6 nitrogen and oxygen atoms in total. The molecular formula is C16H20N4O2. The summed E-state index contributed by atoms with van der Waals surface area (Å²) in [5.41, 5.74) is 0.919. The van der Waals surface area contributed by atoms with Crippen LogP contribution in [-0.4, -0.2) is 39.2 Å². The van der Waals surface area contributed by atoms with Gasteiger partial charge in [-0.25, -0.2) is 0 Å². The Bertz CT molecular complexity index is 664. The fraction of sp³-hybridized carbons (Fsp3) is 0.500. The predicted octanol–water partition coefficient (Wildman–Crippen LogP) is 1.78. The highest BCUT2D eigenvalue weighted by molar-refractivity contribution is 5.94. The average Bonchev–Trinajstić information content (AvgIpc) is 3.22. The van der Waals surface area contributed by atoms with Crippen LogP contribution in [0.25, 0.3) is 0 Å². The van der Waals surface area contributed by atoms with Gasteiger partial charge in [0.15, 0.2) is 0 Å². The maximum atomic E-state index is 12.4. The van der Waals surface area contributed by atoms with E-state index in [9.17, 15) is 4.79 Å². The number of hydrogen-bond donors (Lipinski definition) is 0. The molecular weight excluding hydrogens is 280 g/mol. The van der Waals surface area contributed by atoms with Crippen molar-refractivity contribution >= 4 is 11.6 Å². The molecule has 0 saturated carbocycles. The summed E-state index contributed by atoms with van der Waals surface area (Å²) < 4.78 is 7.23. The van der Waals surface area contributed by atoms with E-state index >= 15 is 0 Å². The number of carbonyl (C=O) groups is 1. The Labute approximate surface area is 129 Å². The molecule has 0 N–H and O–H groups in total. The Morgan fingerprint density at radius 3 is 3.00 bits per heavy atom. The van der Waals surface area contributed by atoms with Gasteiger partial charge in [0.1, 0.15) is 5.76 Å². The topological polar surface area (TPSA) is 54.5 Å². The van der Waals surface area contributed by atoms with Gasteiger partial charge in [0.2, 0.25) is 5.91 Å². The third kappa shape index (κ3) is 2.23. The van der Waals surface area contributed by atoms with Crippen LogP contribution in [0.1, 0.15) is 25.0 Å². The van der Waals surface area contributed by atoms with Crippen molar-refractivity contribution in [2.24, 2.45) is 7.05 Å². The number of fused-ring (bicyclic) bond motifs is 1. The molecule has 4 heterocycles. The van der Waals surface area contributed by atoms with Crippen molar-refractivity contribution in [2.75, 3.05) is 11.4 Å². The molecule has 6 heteroatoms. The van der Waals surface area contributed by atoms with Gasteiger partial charge in [0.05, 0.1) is 30.7 Å². The molecule has 1 amide bonds. The van der Waals surface area contributed by atoms with E-state index < -0.39 is 0 Å². The van der Waals surface area contributed by atoms with Crippen LogP contribution >= 0.6 is 0 Å². The molecule has 2 saturated heterocycles. The fourth-order valence-electron chi connectivity index (χ4n) is 3.82. The molecule has 2 aromatic heterocycles. The molecule has 0 unspecified atom stereocenters. The Kier molecular flexibility index (Phi) is 3.26.